The topological polar surface area (TPSA) is 147 Å². The summed E-state index contributed by atoms with van der Waals surface area (Å²) in [6.45, 7) is 6.89. The van der Waals surface area contributed by atoms with Crippen LogP contribution in [0.2, 0.25) is 0 Å². The molecule has 4 aliphatic rings. The van der Waals surface area contributed by atoms with Gasteiger partial charge in [0.25, 0.3) is 0 Å². The number of likely N-dealkylation sites (tertiary alicyclic amines) is 2. The van der Waals surface area contributed by atoms with E-state index in [2.05, 4.69) is 26.3 Å². The Bertz CT molecular complexity index is 2140. The highest BCUT2D eigenvalue weighted by Crippen LogP contribution is 2.47. The summed E-state index contributed by atoms with van der Waals surface area (Å²) in [6, 6.07) is 7.04. The maximum absolute atomic E-state index is 15.9. The Balaban J connectivity index is 0.000000187. The van der Waals surface area contributed by atoms with Crippen LogP contribution in [-0.4, -0.2) is 95.8 Å². The van der Waals surface area contributed by atoms with Crippen molar-refractivity contribution in [3.05, 3.63) is 41.0 Å². The van der Waals surface area contributed by atoms with Crippen LogP contribution in [0.1, 0.15) is 50.2 Å². The van der Waals surface area contributed by atoms with E-state index in [1.807, 2.05) is 4.90 Å². The minimum absolute atomic E-state index is 0.0444. The molecule has 2 amide bonds. The van der Waals surface area contributed by atoms with Crippen LogP contribution in [0, 0.1) is 40.2 Å². The number of urea groups is 1. The van der Waals surface area contributed by atoms with Gasteiger partial charge in [-0.05, 0) is 63.3 Å². The average Bonchev–Trinajstić information content (AvgIpc) is 3.94. The Morgan fingerprint density at radius 2 is 1.82 bits per heavy atom. The Kier molecular flexibility index (Phi) is 11.8. The van der Waals surface area contributed by atoms with Gasteiger partial charge < -0.3 is 25.6 Å². The van der Waals surface area contributed by atoms with Gasteiger partial charge in [-0.1, -0.05) is 6.07 Å². The van der Waals surface area contributed by atoms with Crippen LogP contribution in [0.5, 0.6) is 6.01 Å². The zero-order valence-electron chi connectivity index (χ0n) is 30.1. The van der Waals surface area contributed by atoms with Crippen LogP contribution in [0.15, 0.2) is 18.2 Å². The number of hydrogen-bond acceptors (Lipinski definition) is 10. The Morgan fingerprint density at radius 3 is 2.44 bits per heavy atom. The molecule has 2 atom stereocenters. The highest BCUT2D eigenvalue weighted by Gasteiger charge is 2.39. The average molecular weight is 788 g/mol. The molecule has 8 rings (SSSR count). The van der Waals surface area contributed by atoms with Gasteiger partial charge in [0.05, 0.1) is 34.9 Å². The maximum Gasteiger partial charge on any atom is 0.417 e. The molecule has 0 spiro atoms. The number of nitrogens with one attached hydrogen (secondary N) is 1. The van der Waals surface area contributed by atoms with Gasteiger partial charge in [0, 0.05) is 61.6 Å². The Hall–Kier alpha value is -5.07. The summed E-state index contributed by atoms with van der Waals surface area (Å²) in [5, 5.41) is 20.3. The molecule has 0 saturated carbocycles. The molecule has 0 radical (unpaired) electrons. The van der Waals surface area contributed by atoms with E-state index in [4.69, 9.17) is 15.7 Å². The number of carbonyl (C=O) groups excluding carboxylic acids is 1. The van der Waals surface area contributed by atoms with Crippen molar-refractivity contribution in [1.82, 2.24) is 24.7 Å². The summed E-state index contributed by atoms with van der Waals surface area (Å²) in [5.41, 5.74) is 2.59. The molecule has 4 saturated heterocycles. The fourth-order valence-electron chi connectivity index (χ4n) is 7.45. The molecular formula is C37H39F6N9O2S. The van der Waals surface area contributed by atoms with Gasteiger partial charge in [0.2, 0.25) is 0 Å². The lowest BCUT2D eigenvalue weighted by molar-refractivity contribution is -0.137. The van der Waals surface area contributed by atoms with Crippen molar-refractivity contribution >= 4 is 49.2 Å². The fourth-order valence-corrected chi connectivity index (χ4v) is 8.40. The van der Waals surface area contributed by atoms with E-state index in [0.29, 0.717) is 37.0 Å². The molecule has 11 nitrogen and oxygen atoms in total. The predicted octanol–water partition coefficient (Wildman–Crippen LogP) is 7.55. The number of amides is 2. The summed E-state index contributed by atoms with van der Waals surface area (Å²) in [6.07, 6.45) is 0.0682. The molecule has 292 valence electrons. The van der Waals surface area contributed by atoms with E-state index < -0.39 is 40.6 Å². The van der Waals surface area contributed by atoms with E-state index in [1.165, 1.54) is 20.0 Å². The van der Waals surface area contributed by atoms with E-state index in [1.54, 1.807) is 17.9 Å². The highest BCUT2D eigenvalue weighted by atomic mass is 32.1. The quantitative estimate of drug-likeness (QED) is 0.200. The van der Waals surface area contributed by atoms with Crippen LogP contribution in [0.25, 0.3) is 32.1 Å². The minimum Gasteiger partial charge on any atom is -0.467 e. The maximum atomic E-state index is 15.9. The van der Waals surface area contributed by atoms with Gasteiger partial charge in [0.1, 0.15) is 34.4 Å². The predicted molar refractivity (Wildman–Crippen MR) is 196 cm³/mol. The smallest absolute Gasteiger partial charge is 0.417 e. The molecule has 55 heavy (non-hydrogen) atoms. The first kappa shape index (κ1) is 39.6. The first-order chi connectivity index (χ1) is 26.3. The van der Waals surface area contributed by atoms with Gasteiger partial charge in [-0.15, -0.1) is 11.3 Å². The lowest BCUT2D eigenvalue weighted by Gasteiger charge is -2.37. The summed E-state index contributed by atoms with van der Waals surface area (Å²) in [7, 11) is 1.23. The van der Waals surface area contributed by atoms with E-state index in [0.717, 1.165) is 57.1 Å². The number of thiophene rings is 1. The molecule has 4 aliphatic heterocycles. The number of halogens is 6. The zero-order chi connectivity index (χ0) is 39.6. The summed E-state index contributed by atoms with van der Waals surface area (Å²) >= 11 is 0.698. The summed E-state index contributed by atoms with van der Waals surface area (Å²) < 4.78 is 90.2. The van der Waals surface area contributed by atoms with E-state index >= 15 is 4.39 Å². The number of hydrogen-bond donors (Lipinski definition) is 2. The first-order valence-electron chi connectivity index (χ1n) is 17.9. The van der Waals surface area contributed by atoms with Gasteiger partial charge in [0.15, 0.2) is 5.82 Å². The van der Waals surface area contributed by atoms with Crippen molar-refractivity contribution < 1.29 is 35.9 Å². The van der Waals surface area contributed by atoms with Crippen molar-refractivity contribution in [3.8, 4) is 29.3 Å². The summed E-state index contributed by atoms with van der Waals surface area (Å²) in [5.74, 6) is -2.08. The fraction of sp³-hybridized carbons (Fsp3) is 0.486. The van der Waals surface area contributed by atoms with Gasteiger partial charge in [-0.2, -0.15) is 33.7 Å². The van der Waals surface area contributed by atoms with Crippen molar-refractivity contribution in [2.24, 2.45) is 5.92 Å². The molecule has 4 fully saturated rings. The number of ether oxygens (including phenoxy) is 1. The number of benzene rings is 2. The van der Waals surface area contributed by atoms with Crippen LogP contribution in [0.4, 0.5) is 42.0 Å². The van der Waals surface area contributed by atoms with Crippen molar-refractivity contribution in [2.45, 2.75) is 57.4 Å². The number of nitrogen functional groups attached to an aromatic ring is 1. The third kappa shape index (κ3) is 8.02. The van der Waals surface area contributed by atoms with E-state index in [-0.39, 0.29) is 61.9 Å². The lowest BCUT2D eigenvalue weighted by Crippen LogP contribution is -2.53. The first-order valence-corrected chi connectivity index (χ1v) is 18.7. The molecule has 0 aliphatic carbocycles. The standard InChI is InChI=1S/C21H14F5N5OS.C9H13N3O.C7H12FN/c1-3-29-19-9-6-11(21(24,25)26)14(15(23)16(9)30-20(31-19)32-2)8-4-5-12(22)17-13(8)10(7-27)18(28)33-17;10-5-8-6-12(7-8)9(13)11-3-1-2-4-11;8-6-4-7-2-1-3-9(7)5-6/h4-6H,3,28H2,1-2H3,(H,29,30,31);8H,1-4,6-7H2;6-7H,1-5H2. The molecule has 3 N–H and O–H groups in total. The lowest BCUT2D eigenvalue weighted by atomic mass is 9.92. The molecule has 4 aromatic rings. The molecule has 2 unspecified atom stereocenters. The number of alkyl halides is 4. The molecule has 2 aromatic heterocycles. The van der Waals surface area contributed by atoms with Gasteiger partial charge in [-0.25, -0.2) is 18.0 Å². The third-order valence-corrected chi connectivity index (χ3v) is 11.1. The molecule has 0 bridgehead atoms. The van der Waals surface area contributed by atoms with Crippen LogP contribution in [0.3, 0.4) is 0 Å². The molecule has 6 heterocycles. The Morgan fingerprint density at radius 1 is 1.09 bits per heavy atom. The number of nitrogens with zero attached hydrogens (tertiary/aromatic N) is 7. The number of nitriles is 2. The van der Waals surface area contributed by atoms with Crippen LogP contribution >= 0.6 is 11.3 Å². The number of rotatable bonds is 4. The number of carbonyl (C=O) groups is 1. The second-order valence-electron chi connectivity index (χ2n) is 13.7. The minimum atomic E-state index is -5.00. The second-order valence-corrected chi connectivity index (χ2v) is 14.7. The van der Waals surface area contributed by atoms with Gasteiger partial charge in [-0.3, -0.25) is 4.90 Å². The Labute approximate surface area is 317 Å². The van der Waals surface area contributed by atoms with Gasteiger partial charge >= 0.3 is 18.2 Å². The molecule has 2 aromatic carbocycles. The largest absolute Gasteiger partial charge is 0.467 e. The van der Waals surface area contributed by atoms with E-state index in [9.17, 15) is 32.0 Å². The van der Waals surface area contributed by atoms with Crippen molar-refractivity contribution in [2.75, 3.05) is 64.0 Å². The van der Waals surface area contributed by atoms with Crippen LogP contribution < -0.4 is 15.8 Å². The van der Waals surface area contributed by atoms with Crippen LogP contribution in [-0.2, 0) is 6.18 Å². The van der Waals surface area contributed by atoms with Crippen molar-refractivity contribution in [1.29, 1.82) is 10.5 Å². The number of methoxy groups -OCH3 is 1. The highest BCUT2D eigenvalue weighted by molar-refractivity contribution is 7.23. The van der Waals surface area contributed by atoms with Crippen molar-refractivity contribution in [3.63, 3.8) is 0 Å². The normalized spacial score (nSPS) is 19.5. The molecular weight excluding hydrogens is 749 g/mol. The molecule has 18 heteroatoms. The number of fused-ring (bicyclic) bond motifs is 3. The number of nitrogens with two attached hydrogens (primary N) is 1. The third-order valence-electron chi connectivity index (χ3n) is 10.1. The SMILES string of the molecule is CCNc1nc(OC)nc2c(F)c(-c3ccc(F)c4sc(N)c(C#N)c34)c(C(F)(F)F)cc12.FC1CC2CCCN2C1.N#CC1CN(C(=O)N2CCCC2)C1. The number of anilines is 2. The monoisotopic (exact) mass is 787 g/mol. The zero-order valence-corrected chi connectivity index (χ0v) is 31.0. The number of aromatic nitrogens is 2. The summed E-state index contributed by atoms with van der Waals surface area (Å²) in [4.78, 5) is 25.5. The second kappa shape index (κ2) is 16.3.